The Morgan fingerprint density at radius 1 is 1.40 bits per heavy atom. The summed E-state index contributed by atoms with van der Waals surface area (Å²) in [6.07, 6.45) is 1.02. The van der Waals surface area contributed by atoms with Gasteiger partial charge in [-0.25, -0.2) is 0 Å². The lowest BCUT2D eigenvalue weighted by atomic mass is 10.3. The van der Waals surface area contributed by atoms with E-state index in [0.717, 1.165) is 11.3 Å². The van der Waals surface area contributed by atoms with Gasteiger partial charge >= 0.3 is 0 Å². The van der Waals surface area contributed by atoms with Gasteiger partial charge in [0.1, 0.15) is 5.69 Å². The zero-order chi connectivity index (χ0) is 14.7. The molecular weight excluding hydrogens is 272 g/mol. The number of hydrogen-bond donors (Lipinski definition) is 2. The molecule has 0 aromatic carbocycles. The van der Waals surface area contributed by atoms with Crippen molar-refractivity contribution in [2.45, 2.75) is 40.3 Å². The van der Waals surface area contributed by atoms with E-state index in [-0.39, 0.29) is 5.91 Å². The highest BCUT2D eigenvalue weighted by atomic mass is 32.1. The molecule has 108 valence electrons. The topological polar surface area (TPSA) is 72.9 Å². The van der Waals surface area contributed by atoms with Gasteiger partial charge in [-0.3, -0.25) is 9.48 Å². The molecule has 0 fully saturated rings. The van der Waals surface area contributed by atoms with Crippen molar-refractivity contribution >= 4 is 22.9 Å². The predicted molar refractivity (Wildman–Crippen MR) is 81.9 cm³/mol. The average Bonchev–Trinajstić information content (AvgIpc) is 3.01. The van der Waals surface area contributed by atoms with Crippen LogP contribution in [-0.2, 0) is 19.5 Å². The molecule has 0 bridgehead atoms. The monoisotopic (exact) mass is 292 g/mol. The van der Waals surface area contributed by atoms with Gasteiger partial charge in [0.05, 0.1) is 17.9 Å². The second-order valence-electron chi connectivity index (χ2n) is 4.57. The van der Waals surface area contributed by atoms with E-state index in [4.69, 9.17) is 5.73 Å². The van der Waals surface area contributed by atoms with Crippen LogP contribution in [0.5, 0.6) is 0 Å². The molecule has 5 nitrogen and oxygen atoms in total. The fraction of sp³-hybridized carbons (Fsp3) is 0.429. The third kappa shape index (κ3) is 2.85. The lowest BCUT2D eigenvalue weighted by Crippen LogP contribution is -2.26. The highest BCUT2D eigenvalue weighted by Crippen LogP contribution is 2.18. The van der Waals surface area contributed by atoms with Crippen molar-refractivity contribution in [3.05, 3.63) is 33.3 Å². The number of nitrogens with zero attached hydrogens (tertiary/aromatic N) is 2. The number of amides is 1. The molecule has 0 unspecified atom stereocenters. The van der Waals surface area contributed by atoms with E-state index in [9.17, 15) is 4.79 Å². The number of anilines is 1. The summed E-state index contributed by atoms with van der Waals surface area (Å²) in [6, 6.07) is 4.15. The van der Waals surface area contributed by atoms with Gasteiger partial charge < -0.3 is 11.1 Å². The lowest BCUT2D eigenvalue weighted by Gasteiger charge is -2.06. The van der Waals surface area contributed by atoms with E-state index < -0.39 is 0 Å². The Kier molecular flexibility index (Phi) is 4.44. The third-order valence-electron chi connectivity index (χ3n) is 3.18. The number of thiophene rings is 1. The molecule has 2 heterocycles. The van der Waals surface area contributed by atoms with Crippen LogP contribution in [0, 0.1) is 6.92 Å². The Labute approximate surface area is 122 Å². The Bertz CT molecular complexity index is 615. The largest absolute Gasteiger partial charge is 0.395 e. The Morgan fingerprint density at radius 3 is 2.70 bits per heavy atom. The van der Waals surface area contributed by atoms with Gasteiger partial charge in [0.2, 0.25) is 0 Å². The Morgan fingerprint density at radius 2 is 2.10 bits per heavy atom. The zero-order valence-corrected chi connectivity index (χ0v) is 12.9. The molecule has 2 aromatic heterocycles. The molecule has 0 saturated heterocycles. The number of carbonyl (C=O) groups excluding carboxylic acids is 1. The number of aryl methyl sites for hydroxylation is 3. The molecule has 2 aromatic rings. The van der Waals surface area contributed by atoms with Gasteiger partial charge in [-0.15, -0.1) is 11.3 Å². The van der Waals surface area contributed by atoms with Crippen molar-refractivity contribution in [1.82, 2.24) is 15.1 Å². The first-order chi connectivity index (χ1) is 9.56. The maximum Gasteiger partial charge on any atom is 0.272 e. The molecule has 0 aliphatic carbocycles. The van der Waals surface area contributed by atoms with Crippen molar-refractivity contribution in [2.75, 3.05) is 5.73 Å². The predicted octanol–water partition coefficient (Wildman–Crippen LogP) is 2.35. The zero-order valence-electron chi connectivity index (χ0n) is 12.1. The normalized spacial score (nSPS) is 10.8. The van der Waals surface area contributed by atoms with Crippen LogP contribution in [0.4, 0.5) is 5.69 Å². The molecule has 0 aliphatic rings. The highest BCUT2D eigenvalue weighted by Gasteiger charge is 2.18. The number of hydrogen-bond acceptors (Lipinski definition) is 4. The molecule has 1 amide bonds. The molecule has 20 heavy (non-hydrogen) atoms. The summed E-state index contributed by atoms with van der Waals surface area (Å²) in [6.45, 7) is 7.02. The number of nitrogen functional groups attached to an aromatic ring is 1. The second-order valence-corrected chi connectivity index (χ2v) is 5.82. The van der Waals surface area contributed by atoms with Gasteiger partial charge in [0.15, 0.2) is 0 Å². The van der Waals surface area contributed by atoms with Gasteiger partial charge in [-0.05, 0) is 32.4 Å². The van der Waals surface area contributed by atoms with E-state index in [2.05, 4.69) is 29.5 Å². The van der Waals surface area contributed by atoms with E-state index in [1.807, 2.05) is 13.8 Å². The number of aromatic nitrogens is 2. The van der Waals surface area contributed by atoms with E-state index in [1.54, 1.807) is 16.0 Å². The highest BCUT2D eigenvalue weighted by molar-refractivity contribution is 7.11. The summed E-state index contributed by atoms with van der Waals surface area (Å²) in [5, 5.41) is 7.17. The smallest absolute Gasteiger partial charge is 0.272 e. The SMILES string of the molecule is CCc1ccc(CNC(=O)c2c(N)c(C)nn2CC)s1. The number of rotatable bonds is 5. The fourth-order valence-electron chi connectivity index (χ4n) is 2.02. The summed E-state index contributed by atoms with van der Waals surface area (Å²) in [4.78, 5) is 14.7. The standard InChI is InChI=1S/C14H20N4OS/c1-4-10-6-7-11(20-10)8-16-14(19)13-12(15)9(3)17-18(13)5-2/h6-7H,4-5,8,15H2,1-3H3,(H,16,19). The van der Waals surface area contributed by atoms with Gasteiger partial charge in [0, 0.05) is 16.3 Å². The summed E-state index contributed by atoms with van der Waals surface area (Å²) in [5.41, 5.74) is 7.55. The first-order valence-corrected chi connectivity index (χ1v) is 7.57. The van der Waals surface area contributed by atoms with Gasteiger partial charge in [-0.1, -0.05) is 6.92 Å². The van der Waals surface area contributed by atoms with Crippen molar-refractivity contribution < 1.29 is 4.79 Å². The van der Waals surface area contributed by atoms with Crippen molar-refractivity contribution in [1.29, 1.82) is 0 Å². The van der Waals surface area contributed by atoms with Crippen LogP contribution in [0.2, 0.25) is 0 Å². The van der Waals surface area contributed by atoms with Crippen molar-refractivity contribution in [3.8, 4) is 0 Å². The van der Waals surface area contributed by atoms with Gasteiger partial charge in [-0.2, -0.15) is 5.10 Å². The summed E-state index contributed by atoms with van der Waals surface area (Å²) in [7, 11) is 0. The number of carbonyl (C=O) groups is 1. The minimum absolute atomic E-state index is 0.170. The second kappa shape index (κ2) is 6.09. The minimum Gasteiger partial charge on any atom is -0.395 e. The molecule has 0 aliphatic heterocycles. The van der Waals surface area contributed by atoms with E-state index >= 15 is 0 Å². The summed E-state index contributed by atoms with van der Waals surface area (Å²) in [5.74, 6) is -0.170. The first-order valence-electron chi connectivity index (χ1n) is 6.75. The molecule has 0 atom stereocenters. The van der Waals surface area contributed by atoms with Crippen LogP contribution < -0.4 is 11.1 Å². The van der Waals surface area contributed by atoms with Crippen LogP contribution in [0.3, 0.4) is 0 Å². The average molecular weight is 292 g/mol. The summed E-state index contributed by atoms with van der Waals surface area (Å²) < 4.78 is 1.64. The quantitative estimate of drug-likeness (QED) is 0.888. The van der Waals surface area contributed by atoms with Gasteiger partial charge in [0.25, 0.3) is 5.91 Å². The third-order valence-corrected chi connectivity index (χ3v) is 4.41. The number of nitrogens with two attached hydrogens (primary N) is 1. The number of nitrogens with one attached hydrogen (secondary N) is 1. The molecular formula is C14H20N4OS. The van der Waals surface area contributed by atoms with Crippen LogP contribution in [0.15, 0.2) is 12.1 Å². The lowest BCUT2D eigenvalue weighted by molar-refractivity contribution is 0.0941. The maximum atomic E-state index is 12.3. The van der Waals surface area contributed by atoms with Crippen LogP contribution in [0.1, 0.15) is 39.8 Å². The fourth-order valence-corrected chi connectivity index (χ4v) is 2.92. The van der Waals surface area contributed by atoms with Crippen LogP contribution >= 0.6 is 11.3 Å². The minimum atomic E-state index is -0.170. The molecule has 6 heteroatoms. The molecule has 2 rings (SSSR count). The van der Waals surface area contributed by atoms with Crippen molar-refractivity contribution in [2.24, 2.45) is 0 Å². The first kappa shape index (κ1) is 14.6. The molecule has 3 N–H and O–H groups in total. The Balaban J connectivity index is 2.08. The van der Waals surface area contributed by atoms with Crippen LogP contribution in [0.25, 0.3) is 0 Å². The van der Waals surface area contributed by atoms with E-state index in [0.29, 0.717) is 30.2 Å². The maximum absolute atomic E-state index is 12.3. The summed E-state index contributed by atoms with van der Waals surface area (Å²) >= 11 is 1.72. The molecule has 0 saturated carbocycles. The van der Waals surface area contributed by atoms with E-state index in [1.165, 1.54) is 4.88 Å². The molecule has 0 spiro atoms. The Hall–Kier alpha value is -1.82. The van der Waals surface area contributed by atoms with Crippen LogP contribution in [-0.4, -0.2) is 15.7 Å². The van der Waals surface area contributed by atoms with Crippen molar-refractivity contribution in [3.63, 3.8) is 0 Å². The molecule has 0 radical (unpaired) electrons.